The highest BCUT2D eigenvalue weighted by atomic mass is 16.3. The van der Waals surface area contributed by atoms with Gasteiger partial charge in [-0.25, -0.2) is 0 Å². The third-order valence-electron chi connectivity index (χ3n) is 5.07. The van der Waals surface area contributed by atoms with Crippen LogP contribution in [-0.4, -0.2) is 17.3 Å². The van der Waals surface area contributed by atoms with Crippen LogP contribution in [0.2, 0.25) is 0 Å². The molecule has 2 aliphatic rings. The SMILES string of the molecule is Cc1coc2c1C(=O)c1ccc3c(c1C2=O)C(=O)CCC3(C)C. The van der Waals surface area contributed by atoms with Gasteiger partial charge in [0.2, 0.25) is 5.78 Å². The van der Waals surface area contributed by atoms with Crippen LogP contribution in [0.5, 0.6) is 0 Å². The van der Waals surface area contributed by atoms with Crippen molar-refractivity contribution in [1.29, 1.82) is 0 Å². The Morgan fingerprint density at radius 3 is 2.48 bits per heavy atom. The van der Waals surface area contributed by atoms with E-state index >= 15 is 0 Å². The molecule has 0 fully saturated rings. The van der Waals surface area contributed by atoms with Crippen molar-refractivity contribution in [1.82, 2.24) is 0 Å². The van der Waals surface area contributed by atoms with Crippen molar-refractivity contribution in [2.24, 2.45) is 0 Å². The van der Waals surface area contributed by atoms with Crippen LogP contribution in [0.15, 0.2) is 22.8 Å². The first-order valence-corrected chi connectivity index (χ1v) is 7.71. The fourth-order valence-electron chi connectivity index (χ4n) is 3.71. The minimum absolute atomic E-state index is 0.0598. The average Bonchev–Trinajstić information content (AvgIpc) is 2.90. The first-order valence-electron chi connectivity index (χ1n) is 7.71. The van der Waals surface area contributed by atoms with E-state index in [-0.39, 0.29) is 34.1 Å². The first kappa shape index (κ1) is 14.1. The molecule has 0 amide bonds. The smallest absolute Gasteiger partial charge is 0.230 e. The van der Waals surface area contributed by atoms with E-state index in [1.165, 1.54) is 6.26 Å². The fraction of sp³-hybridized carbons (Fsp3) is 0.316. The molecule has 23 heavy (non-hydrogen) atoms. The number of furan rings is 1. The monoisotopic (exact) mass is 308 g/mol. The summed E-state index contributed by atoms with van der Waals surface area (Å²) in [6.07, 6.45) is 2.55. The van der Waals surface area contributed by atoms with Crippen LogP contribution in [-0.2, 0) is 5.41 Å². The van der Waals surface area contributed by atoms with Gasteiger partial charge >= 0.3 is 0 Å². The highest BCUT2D eigenvalue weighted by Crippen LogP contribution is 2.42. The predicted octanol–water partition coefficient (Wildman–Crippen LogP) is 3.62. The quantitative estimate of drug-likeness (QED) is 0.636. The van der Waals surface area contributed by atoms with E-state index in [1.54, 1.807) is 13.0 Å². The van der Waals surface area contributed by atoms with Gasteiger partial charge < -0.3 is 4.42 Å². The van der Waals surface area contributed by atoms with Crippen molar-refractivity contribution in [3.8, 4) is 0 Å². The average molecular weight is 308 g/mol. The molecule has 0 unspecified atom stereocenters. The molecule has 0 saturated heterocycles. The van der Waals surface area contributed by atoms with Gasteiger partial charge in [-0.1, -0.05) is 19.9 Å². The Hall–Kier alpha value is -2.49. The molecule has 0 aliphatic heterocycles. The van der Waals surface area contributed by atoms with E-state index in [2.05, 4.69) is 13.8 Å². The fourth-order valence-corrected chi connectivity index (χ4v) is 3.71. The van der Waals surface area contributed by atoms with Gasteiger partial charge in [0.1, 0.15) is 0 Å². The molecule has 0 saturated carbocycles. The molecule has 2 aliphatic carbocycles. The van der Waals surface area contributed by atoms with Gasteiger partial charge in [-0.3, -0.25) is 14.4 Å². The second-order valence-electron chi connectivity index (χ2n) is 7.00. The predicted molar refractivity (Wildman–Crippen MR) is 83.3 cm³/mol. The minimum atomic E-state index is -0.356. The maximum Gasteiger partial charge on any atom is 0.230 e. The highest BCUT2D eigenvalue weighted by molar-refractivity contribution is 6.30. The van der Waals surface area contributed by atoms with Crippen LogP contribution >= 0.6 is 0 Å². The van der Waals surface area contributed by atoms with Crippen LogP contribution in [0, 0.1) is 6.92 Å². The van der Waals surface area contributed by atoms with Crippen molar-refractivity contribution in [3.63, 3.8) is 0 Å². The number of aryl methyl sites for hydroxylation is 1. The molecular formula is C19H16O4. The Bertz CT molecular complexity index is 912. The Morgan fingerprint density at radius 2 is 1.74 bits per heavy atom. The van der Waals surface area contributed by atoms with Gasteiger partial charge in [-0.15, -0.1) is 0 Å². The molecule has 4 rings (SSSR count). The van der Waals surface area contributed by atoms with E-state index in [0.29, 0.717) is 28.7 Å². The van der Waals surface area contributed by atoms with Crippen LogP contribution in [0.4, 0.5) is 0 Å². The number of hydrogen-bond acceptors (Lipinski definition) is 4. The lowest BCUT2D eigenvalue weighted by Crippen LogP contribution is -2.32. The van der Waals surface area contributed by atoms with E-state index in [0.717, 1.165) is 12.0 Å². The van der Waals surface area contributed by atoms with Gasteiger partial charge in [0.25, 0.3) is 0 Å². The zero-order chi connectivity index (χ0) is 16.5. The second kappa shape index (κ2) is 4.28. The maximum atomic E-state index is 12.9. The van der Waals surface area contributed by atoms with Crippen LogP contribution in [0.3, 0.4) is 0 Å². The molecule has 0 N–H and O–H groups in total. The molecule has 1 aromatic heterocycles. The topological polar surface area (TPSA) is 64.3 Å². The number of carbonyl (C=O) groups is 3. The first-order chi connectivity index (χ1) is 10.8. The van der Waals surface area contributed by atoms with E-state index in [4.69, 9.17) is 4.42 Å². The van der Waals surface area contributed by atoms with Crippen molar-refractivity contribution < 1.29 is 18.8 Å². The van der Waals surface area contributed by atoms with Crippen molar-refractivity contribution in [2.75, 3.05) is 0 Å². The van der Waals surface area contributed by atoms with Crippen molar-refractivity contribution in [3.05, 3.63) is 57.5 Å². The number of ketones is 3. The molecule has 0 bridgehead atoms. The molecule has 116 valence electrons. The summed E-state index contributed by atoms with van der Waals surface area (Å²) in [5.74, 6) is -0.598. The van der Waals surface area contributed by atoms with E-state index < -0.39 is 0 Å². The molecule has 0 atom stereocenters. The zero-order valence-electron chi connectivity index (χ0n) is 13.3. The Labute approximate surface area is 133 Å². The van der Waals surface area contributed by atoms with Crippen LogP contribution in [0.1, 0.15) is 80.2 Å². The summed E-state index contributed by atoms with van der Waals surface area (Å²) in [5.41, 5.74) is 2.58. The molecule has 0 radical (unpaired) electrons. The normalized spacial score (nSPS) is 18.5. The maximum absolute atomic E-state index is 12.9. The third-order valence-corrected chi connectivity index (χ3v) is 5.07. The summed E-state index contributed by atoms with van der Waals surface area (Å²) in [6.45, 7) is 5.86. The Balaban J connectivity index is 2.07. The van der Waals surface area contributed by atoms with E-state index in [1.807, 2.05) is 6.07 Å². The summed E-state index contributed by atoms with van der Waals surface area (Å²) in [7, 11) is 0. The summed E-state index contributed by atoms with van der Waals surface area (Å²) < 4.78 is 5.32. The summed E-state index contributed by atoms with van der Waals surface area (Å²) >= 11 is 0. The number of rotatable bonds is 0. The summed E-state index contributed by atoms with van der Waals surface area (Å²) in [4.78, 5) is 38.2. The molecule has 2 aromatic rings. The second-order valence-corrected chi connectivity index (χ2v) is 7.00. The van der Waals surface area contributed by atoms with Gasteiger partial charge in [0.15, 0.2) is 17.3 Å². The van der Waals surface area contributed by atoms with Crippen molar-refractivity contribution >= 4 is 17.3 Å². The molecular weight excluding hydrogens is 292 g/mol. The zero-order valence-corrected chi connectivity index (χ0v) is 13.3. The molecule has 4 nitrogen and oxygen atoms in total. The van der Waals surface area contributed by atoms with E-state index in [9.17, 15) is 14.4 Å². The van der Waals surface area contributed by atoms with Crippen LogP contribution < -0.4 is 0 Å². The lowest BCUT2D eigenvalue weighted by Gasteiger charge is -2.33. The van der Waals surface area contributed by atoms with Gasteiger partial charge in [0, 0.05) is 23.1 Å². The third kappa shape index (κ3) is 1.69. The molecule has 1 heterocycles. The summed E-state index contributed by atoms with van der Waals surface area (Å²) in [6, 6.07) is 3.51. The van der Waals surface area contributed by atoms with Gasteiger partial charge in [0.05, 0.1) is 11.8 Å². The number of hydrogen-bond donors (Lipinski definition) is 0. The van der Waals surface area contributed by atoms with Gasteiger partial charge in [-0.05, 0) is 36.0 Å². The molecule has 1 aromatic carbocycles. The van der Waals surface area contributed by atoms with Gasteiger partial charge in [-0.2, -0.15) is 0 Å². The summed E-state index contributed by atoms with van der Waals surface area (Å²) in [5, 5.41) is 0. The van der Waals surface area contributed by atoms with Crippen LogP contribution in [0.25, 0.3) is 0 Å². The number of Topliss-reactive ketones (excluding diaryl/α,β-unsaturated/α-hetero) is 1. The lowest BCUT2D eigenvalue weighted by molar-refractivity contribution is 0.0929. The largest absolute Gasteiger partial charge is 0.460 e. The molecule has 0 spiro atoms. The minimum Gasteiger partial charge on any atom is -0.460 e. The standard InChI is InChI=1S/C19H16O4/c1-9-8-23-18-13(9)16(21)10-4-5-11-15(14(10)17(18)22)12(20)6-7-19(11,2)3/h4-5,8H,6-7H2,1-3H3. The lowest BCUT2D eigenvalue weighted by atomic mass is 9.68. The number of benzene rings is 1. The molecule has 4 heteroatoms. The Morgan fingerprint density at radius 1 is 1.00 bits per heavy atom. The Kier molecular flexibility index (Phi) is 2.63. The highest BCUT2D eigenvalue weighted by Gasteiger charge is 2.41. The van der Waals surface area contributed by atoms with Crippen molar-refractivity contribution in [2.45, 2.75) is 39.0 Å². The number of carbonyl (C=O) groups excluding carboxylic acids is 3. The number of fused-ring (bicyclic) bond motifs is 4.